The summed E-state index contributed by atoms with van der Waals surface area (Å²) in [6.45, 7) is 4.97. The van der Waals surface area contributed by atoms with Crippen molar-refractivity contribution in [3.05, 3.63) is 70.1 Å². The Morgan fingerprint density at radius 3 is 2.52 bits per heavy atom. The monoisotopic (exact) mass is 445 g/mol. The molecular weight excluding hydrogens is 422 g/mol. The molecule has 0 aliphatic rings. The van der Waals surface area contributed by atoms with Gasteiger partial charge >= 0.3 is 11.6 Å². The first-order valence-corrected chi connectivity index (χ1v) is 10.9. The van der Waals surface area contributed by atoms with Crippen LogP contribution in [-0.4, -0.2) is 27.0 Å². The molecule has 0 amide bonds. The molecule has 31 heavy (non-hydrogen) atoms. The largest absolute Gasteiger partial charge is 0.497 e. The molecule has 9 heteroatoms. The van der Waals surface area contributed by atoms with Crippen LogP contribution in [0.15, 0.2) is 62.6 Å². The number of fused-ring (bicyclic) bond motifs is 1. The Balaban J connectivity index is 1.83. The Hall–Kier alpha value is -3.17. The molecule has 0 saturated heterocycles. The van der Waals surface area contributed by atoms with Crippen LogP contribution < -0.4 is 15.1 Å². The fourth-order valence-corrected chi connectivity index (χ4v) is 4.40. The van der Waals surface area contributed by atoms with Gasteiger partial charge in [0.25, 0.3) is 0 Å². The van der Waals surface area contributed by atoms with Gasteiger partial charge in [0, 0.05) is 28.6 Å². The molecule has 0 spiro atoms. The summed E-state index contributed by atoms with van der Waals surface area (Å²) in [5.74, 6) is -0.200. The number of rotatable bonds is 6. The lowest BCUT2D eigenvalue weighted by molar-refractivity contribution is 0.0473. The first-order chi connectivity index (χ1) is 14.5. The Morgan fingerprint density at radius 1 is 1.10 bits per heavy atom. The Labute approximate surface area is 179 Å². The van der Waals surface area contributed by atoms with Crippen molar-refractivity contribution in [2.45, 2.75) is 37.8 Å². The summed E-state index contributed by atoms with van der Waals surface area (Å²) in [5, 5.41) is 0.596. The Morgan fingerprint density at radius 2 is 1.84 bits per heavy atom. The van der Waals surface area contributed by atoms with Gasteiger partial charge in [-0.25, -0.2) is 22.7 Å². The number of benzene rings is 2. The number of hydrogen-bond donors (Lipinski definition) is 1. The minimum absolute atomic E-state index is 0.0465. The molecule has 0 aliphatic carbocycles. The van der Waals surface area contributed by atoms with E-state index >= 15 is 0 Å². The number of nitrogens with one attached hydrogen (secondary N) is 1. The second kappa shape index (κ2) is 8.52. The number of esters is 1. The second-order valence-corrected chi connectivity index (χ2v) is 9.59. The van der Waals surface area contributed by atoms with E-state index in [1.54, 1.807) is 39.0 Å². The molecular formula is C22H23NO7S. The van der Waals surface area contributed by atoms with Crippen LogP contribution in [0.25, 0.3) is 11.0 Å². The maximum atomic E-state index is 12.5. The maximum absolute atomic E-state index is 12.5. The predicted octanol–water partition coefficient (Wildman–Crippen LogP) is 3.24. The van der Waals surface area contributed by atoms with E-state index in [1.165, 1.54) is 37.4 Å². The molecule has 3 aromatic rings. The summed E-state index contributed by atoms with van der Waals surface area (Å²) in [6, 6.07) is 11.8. The van der Waals surface area contributed by atoms with Crippen molar-refractivity contribution in [1.82, 2.24) is 4.72 Å². The van der Waals surface area contributed by atoms with Crippen LogP contribution in [0.5, 0.6) is 5.75 Å². The highest BCUT2D eigenvalue weighted by Gasteiger charge is 2.23. The smallest absolute Gasteiger partial charge is 0.338 e. The molecule has 0 bridgehead atoms. The molecule has 0 atom stereocenters. The van der Waals surface area contributed by atoms with Crippen molar-refractivity contribution in [2.75, 3.05) is 7.11 Å². The lowest BCUT2D eigenvalue weighted by atomic mass is 10.1. The van der Waals surface area contributed by atoms with Crippen molar-refractivity contribution in [2.24, 2.45) is 0 Å². The van der Waals surface area contributed by atoms with Crippen LogP contribution in [0.3, 0.4) is 0 Å². The third-order valence-electron chi connectivity index (χ3n) is 4.22. The number of hydrogen-bond acceptors (Lipinski definition) is 7. The third-order valence-corrected chi connectivity index (χ3v) is 5.97. The highest BCUT2D eigenvalue weighted by atomic mass is 32.2. The predicted molar refractivity (Wildman–Crippen MR) is 115 cm³/mol. The van der Waals surface area contributed by atoms with Gasteiger partial charge in [-0.1, -0.05) is 6.07 Å². The van der Waals surface area contributed by atoms with Gasteiger partial charge in [-0.15, -0.1) is 0 Å². The normalized spacial score (nSPS) is 12.0. The van der Waals surface area contributed by atoms with E-state index in [1.807, 2.05) is 0 Å². The van der Waals surface area contributed by atoms with Gasteiger partial charge in [-0.3, -0.25) is 0 Å². The number of carbonyl (C=O) groups is 1. The minimum Gasteiger partial charge on any atom is -0.497 e. The highest BCUT2D eigenvalue weighted by molar-refractivity contribution is 7.89. The van der Waals surface area contributed by atoms with Crippen molar-refractivity contribution in [3.63, 3.8) is 0 Å². The topological polar surface area (TPSA) is 112 Å². The molecule has 8 nitrogen and oxygen atoms in total. The second-order valence-electron chi connectivity index (χ2n) is 7.91. The standard InChI is InChI=1S/C22H23NO7S/c1-22(2,3)23-31(26,27)17-7-5-6-14(10-17)21(25)29-13-15-11-20(24)30-19-12-16(28-4)8-9-18(15)19/h5-12,23H,13H2,1-4H3. The van der Waals surface area contributed by atoms with Gasteiger partial charge < -0.3 is 13.9 Å². The summed E-state index contributed by atoms with van der Waals surface area (Å²) >= 11 is 0. The molecule has 2 aromatic carbocycles. The van der Waals surface area contributed by atoms with E-state index < -0.39 is 27.2 Å². The van der Waals surface area contributed by atoms with Crippen LogP contribution in [0.4, 0.5) is 0 Å². The minimum atomic E-state index is -3.81. The van der Waals surface area contributed by atoms with Crippen molar-refractivity contribution >= 4 is 27.0 Å². The van der Waals surface area contributed by atoms with Gasteiger partial charge in [0.15, 0.2) is 0 Å². The van der Waals surface area contributed by atoms with E-state index in [9.17, 15) is 18.0 Å². The van der Waals surface area contributed by atoms with Gasteiger partial charge in [0.05, 0.1) is 17.6 Å². The molecule has 164 valence electrons. The molecule has 0 saturated carbocycles. The quantitative estimate of drug-likeness (QED) is 0.458. The van der Waals surface area contributed by atoms with E-state index in [-0.39, 0.29) is 17.1 Å². The zero-order valence-electron chi connectivity index (χ0n) is 17.6. The number of methoxy groups -OCH3 is 1. The molecule has 3 rings (SSSR count). The van der Waals surface area contributed by atoms with Gasteiger partial charge in [0.1, 0.15) is 17.9 Å². The lowest BCUT2D eigenvalue weighted by Crippen LogP contribution is -2.40. The molecule has 0 unspecified atom stereocenters. The molecule has 0 aliphatic heterocycles. The van der Waals surface area contributed by atoms with E-state index in [0.29, 0.717) is 22.3 Å². The van der Waals surface area contributed by atoms with Crippen LogP contribution in [-0.2, 0) is 21.4 Å². The molecule has 1 N–H and O–H groups in total. The van der Waals surface area contributed by atoms with Gasteiger partial charge in [-0.05, 0) is 51.1 Å². The van der Waals surface area contributed by atoms with Gasteiger partial charge in [0.2, 0.25) is 10.0 Å². The molecule has 1 aromatic heterocycles. The lowest BCUT2D eigenvalue weighted by Gasteiger charge is -2.20. The first kappa shape index (κ1) is 22.5. The van der Waals surface area contributed by atoms with Crippen LogP contribution >= 0.6 is 0 Å². The number of carbonyl (C=O) groups excluding carboxylic acids is 1. The SMILES string of the molecule is COc1ccc2c(COC(=O)c3cccc(S(=O)(=O)NC(C)(C)C)c3)cc(=O)oc2c1. The van der Waals surface area contributed by atoms with Crippen molar-refractivity contribution in [3.8, 4) is 5.75 Å². The fourth-order valence-electron chi connectivity index (χ4n) is 2.94. The maximum Gasteiger partial charge on any atom is 0.338 e. The van der Waals surface area contributed by atoms with Crippen LogP contribution in [0.2, 0.25) is 0 Å². The van der Waals surface area contributed by atoms with Crippen molar-refractivity contribution < 1.29 is 27.1 Å². The summed E-state index contributed by atoms with van der Waals surface area (Å²) in [7, 11) is -2.31. The number of sulfonamides is 1. The zero-order valence-corrected chi connectivity index (χ0v) is 18.4. The highest BCUT2D eigenvalue weighted by Crippen LogP contribution is 2.23. The van der Waals surface area contributed by atoms with Gasteiger partial charge in [-0.2, -0.15) is 0 Å². The average molecular weight is 445 g/mol. The van der Waals surface area contributed by atoms with E-state index in [2.05, 4.69) is 4.72 Å². The van der Waals surface area contributed by atoms with E-state index in [0.717, 1.165) is 0 Å². The van der Waals surface area contributed by atoms with Crippen LogP contribution in [0.1, 0.15) is 36.7 Å². The zero-order chi connectivity index (χ0) is 22.8. The third kappa shape index (κ3) is 5.50. The average Bonchev–Trinajstić information content (AvgIpc) is 2.69. The summed E-state index contributed by atoms with van der Waals surface area (Å²) in [5.41, 5.74) is -0.424. The molecule has 0 fully saturated rings. The van der Waals surface area contributed by atoms with E-state index in [4.69, 9.17) is 13.9 Å². The fraction of sp³-hybridized carbons (Fsp3) is 0.273. The Bertz CT molecular complexity index is 1290. The molecule has 1 heterocycles. The Kier molecular flexibility index (Phi) is 6.19. The molecule has 0 radical (unpaired) electrons. The van der Waals surface area contributed by atoms with Crippen LogP contribution in [0, 0.1) is 0 Å². The number of ether oxygens (including phenoxy) is 2. The summed E-state index contributed by atoms with van der Waals surface area (Å²) < 4.78 is 43.2. The summed E-state index contributed by atoms with van der Waals surface area (Å²) in [6.07, 6.45) is 0. The van der Waals surface area contributed by atoms with Crippen molar-refractivity contribution in [1.29, 1.82) is 0 Å². The summed E-state index contributed by atoms with van der Waals surface area (Å²) in [4.78, 5) is 24.4. The first-order valence-electron chi connectivity index (χ1n) is 9.40.